The highest BCUT2D eigenvalue weighted by Crippen LogP contribution is 1.99. The van der Waals surface area contributed by atoms with E-state index in [0.717, 1.165) is 0 Å². The lowest BCUT2D eigenvalue weighted by molar-refractivity contribution is -0.121. The van der Waals surface area contributed by atoms with Gasteiger partial charge in [0.05, 0.1) is 5.54 Å². The SMILES string of the molecule is CC.CNC(C)(C)C(C)=O. The second kappa shape index (κ2) is 5.42. The van der Waals surface area contributed by atoms with Crippen LogP contribution in [-0.2, 0) is 4.79 Å². The Labute approximate surface area is 64.0 Å². The molecule has 0 aromatic heterocycles. The van der Waals surface area contributed by atoms with Crippen molar-refractivity contribution in [2.45, 2.75) is 40.2 Å². The molecule has 10 heavy (non-hydrogen) atoms. The van der Waals surface area contributed by atoms with Gasteiger partial charge < -0.3 is 5.32 Å². The fourth-order valence-electron chi connectivity index (χ4n) is 0.176. The van der Waals surface area contributed by atoms with Gasteiger partial charge in [-0.1, -0.05) is 13.8 Å². The van der Waals surface area contributed by atoms with Crippen LogP contribution in [0.5, 0.6) is 0 Å². The van der Waals surface area contributed by atoms with Gasteiger partial charge >= 0.3 is 0 Å². The van der Waals surface area contributed by atoms with Crippen molar-refractivity contribution < 1.29 is 4.79 Å². The molecule has 62 valence electrons. The fraction of sp³-hybridized carbons (Fsp3) is 0.875. The van der Waals surface area contributed by atoms with E-state index in [1.165, 1.54) is 0 Å². The van der Waals surface area contributed by atoms with E-state index >= 15 is 0 Å². The molecule has 0 aliphatic carbocycles. The third-order valence-electron chi connectivity index (χ3n) is 1.51. The molecule has 0 spiro atoms. The zero-order valence-corrected chi connectivity index (χ0v) is 7.91. The van der Waals surface area contributed by atoms with Crippen molar-refractivity contribution >= 4 is 5.78 Å². The maximum atomic E-state index is 10.6. The molecule has 2 heteroatoms. The summed E-state index contributed by atoms with van der Waals surface area (Å²) in [5.41, 5.74) is -0.347. The number of carbonyl (C=O) groups is 1. The maximum Gasteiger partial charge on any atom is 0.149 e. The number of likely N-dealkylation sites (N-methyl/N-ethyl adjacent to an activating group) is 1. The lowest BCUT2D eigenvalue weighted by Gasteiger charge is -2.19. The van der Waals surface area contributed by atoms with E-state index in [1.54, 1.807) is 14.0 Å². The Hall–Kier alpha value is -0.370. The minimum atomic E-state index is -0.347. The van der Waals surface area contributed by atoms with Gasteiger partial charge in [-0.3, -0.25) is 4.79 Å². The third-order valence-corrected chi connectivity index (χ3v) is 1.51. The lowest BCUT2D eigenvalue weighted by Crippen LogP contribution is -2.42. The quantitative estimate of drug-likeness (QED) is 0.639. The number of carbonyl (C=O) groups excluding carboxylic acids is 1. The molecule has 0 saturated carbocycles. The molecular formula is C8H19NO. The predicted molar refractivity (Wildman–Crippen MR) is 45.2 cm³/mol. The number of Topliss-reactive ketones (excluding diaryl/α,β-unsaturated/α-hetero) is 1. The monoisotopic (exact) mass is 145 g/mol. The standard InChI is InChI=1S/C6H13NO.C2H6/c1-5(8)6(2,3)7-4;1-2/h7H,1-4H3;1-2H3. The molecule has 0 heterocycles. The van der Waals surface area contributed by atoms with Crippen LogP contribution in [0.2, 0.25) is 0 Å². The number of nitrogens with one attached hydrogen (secondary N) is 1. The van der Waals surface area contributed by atoms with Gasteiger partial charge in [0.1, 0.15) is 5.78 Å². The second-order valence-electron chi connectivity index (χ2n) is 2.43. The van der Waals surface area contributed by atoms with Gasteiger partial charge in [0.25, 0.3) is 0 Å². The summed E-state index contributed by atoms with van der Waals surface area (Å²) in [7, 11) is 1.78. The van der Waals surface area contributed by atoms with E-state index in [9.17, 15) is 4.79 Å². The number of hydrogen-bond donors (Lipinski definition) is 1. The molecule has 0 aliphatic rings. The van der Waals surface area contributed by atoms with Crippen molar-refractivity contribution in [2.75, 3.05) is 7.05 Å². The molecule has 0 atom stereocenters. The van der Waals surface area contributed by atoms with Crippen LogP contribution in [0.15, 0.2) is 0 Å². The first kappa shape index (κ1) is 12.3. The van der Waals surface area contributed by atoms with E-state index < -0.39 is 0 Å². The van der Waals surface area contributed by atoms with Gasteiger partial charge in [-0.15, -0.1) is 0 Å². The van der Waals surface area contributed by atoms with E-state index in [4.69, 9.17) is 0 Å². The average Bonchev–Trinajstić information content (AvgIpc) is 1.92. The lowest BCUT2D eigenvalue weighted by atomic mass is 10.0. The molecule has 2 nitrogen and oxygen atoms in total. The van der Waals surface area contributed by atoms with Crippen LogP contribution in [0.3, 0.4) is 0 Å². The maximum absolute atomic E-state index is 10.6. The summed E-state index contributed by atoms with van der Waals surface area (Å²) < 4.78 is 0. The molecule has 0 fully saturated rings. The normalized spacial score (nSPS) is 9.80. The van der Waals surface area contributed by atoms with E-state index in [2.05, 4.69) is 5.32 Å². The van der Waals surface area contributed by atoms with Gasteiger partial charge in [0, 0.05) is 0 Å². The molecular weight excluding hydrogens is 126 g/mol. The summed E-state index contributed by atoms with van der Waals surface area (Å²) in [6.07, 6.45) is 0. The summed E-state index contributed by atoms with van der Waals surface area (Å²) in [4.78, 5) is 10.6. The molecule has 0 bridgehead atoms. The Bertz CT molecular complexity index is 97.4. The zero-order valence-electron chi connectivity index (χ0n) is 7.91. The van der Waals surface area contributed by atoms with Gasteiger partial charge in [-0.25, -0.2) is 0 Å². The van der Waals surface area contributed by atoms with Crippen LogP contribution < -0.4 is 5.32 Å². The highest BCUT2D eigenvalue weighted by Gasteiger charge is 2.19. The Morgan fingerprint density at radius 3 is 1.60 bits per heavy atom. The molecule has 0 amide bonds. The topological polar surface area (TPSA) is 29.1 Å². The largest absolute Gasteiger partial charge is 0.308 e. The average molecular weight is 145 g/mol. The van der Waals surface area contributed by atoms with Crippen molar-refractivity contribution in [1.29, 1.82) is 0 Å². The summed E-state index contributed by atoms with van der Waals surface area (Å²) in [6.45, 7) is 9.29. The predicted octanol–water partition coefficient (Wildman–Crippen LogP) is 1.60. The fourth-order valence-corrected chi connectivity index (χ4v) is 0.176. The number of ketones is 1. The summed E-state index contributed by atoms with van der Waals surface area (Å²) in [6, 6.07) is 0. The Morgan fingerprint density at radius 2 is 1.60 bits per heavy atom. The van der Waals surface area contributed by atoms with Crippen molar-refractivity contribution in [3.8, 4) is 0 Å². The Morgan fingerprint density at radius 1 is 1.30 bits per heavy atom. The van der Waals surface area contributed by atoms with Crippen LogP contribution in [0.1, 0.15) is 34.6 Å². The van der Waals surface area contributed by atoms with Gasteiger partial charge in [0.2, 0.25) is 0 Å². The molecule has 0 saturated heterocycles. The first-order valence-electron chi connectivity index (χ1n) is 3.70. The molecule has 0 radical (unpaired) electrons. The van der Waals surface area contributed by atoms with Gasteiger partial charge in [-0.05, 0) is 27.8 Å². The zero-order chi connectivity index (χ0) is 8.78. The number of hydrogen-bond acceptors (Lipinski definition) is 2. The minimum Gasteiger partial charge on any atom is -0.308 e. The first-order chi connectivity index (χ1) is 4.50. The molecule has 0 rings (SSSR count). The summed E-state index contributed by atoms with van der Waals surface area (Å²) >= 11 is 0. The van der Waals surface area contributed by atoms with Crippen LogP contribution in [-0.4, -0.2) is 18.4 Å². The molecule has 0 aliphatic heterocycles. The van der Waals surface area contributed by atoms with E-state index in [-0.39, 0.29) is 11.3 Å². The van der Waals surface area contributed by atoms with Crippen LogP contribution in [0.25, 0.3) is 0 Å². The first-order valence-corrected chi connectivity index (χ1v) is 3.70. The van der Waals surface area contributed by atoms with Crippen molar-refractivity contribution in [3.05, 3.63) is 0 Å². The minimum absolute atomic E-state index is 0.167. The van der Waals surface area contributed by atoms with Gasteiger partial charge in [0.15, 0.2) is 0 Å². The summed E-state index contributed by atoms with van der Waals surface area (Å²) in [5.74, 6) is 0.167. The second-order valence-corrected chi connectivity index (χ2v) is 2.43. The summed E-state index contributed by atoms with van der Waals surface area (Å²) in [5, 5.41) is 2.89. The van der Waals surface area contributed by atoms with Crippen LogP contribution in [0, 0.1) is 0 Å². The highest BCUT2D eigenvalue weighted by atomic mass is 16.1. The third kappa shape index (κ3) is 4.50. The molecule has 0 unspecified atom stereocenters. The Balaban J connectivity index is 0. The van der Waals surface area contributed by atoms with Crippen molar-refractivity contribution in [3.63, 3.8) is 0 Å². The van der Waals surface area contributed by atoms with Crippen LogP contribution >= 0.6 is 0 Å². The van der Waals surface area contributed by atoms with Crippen molar-refractivity contribution in [1.82, 2.24) is 5.32 Å². The Kier molecular flexibility index (Phi) is 6.67. The van der Waals surface area contributed by atoms with E-state index in [0.29, 0.717) is 0 Å². The smallest absolute Gasteiger partial charge is 0.149 e. The van der Waals surface area contributed by atoms with Gasteiger partial charge in [-0.2, -0.15) is 0 Å². The highest BCUT2D eigenvalue weighted by molar-refractivity contribution is 5.84. The molecule has 0 aromatic carbocycles. The van der Waals surface area contributed by atoms with Crippen molar-refractivity contribution in [2.24, 2.45) is 0 Å². The van der Waals surface area contributed by atoms with Crippen LogP contribution in [0.4, 0.5) is 0 Å². The number of rotatable bonds is 2. The molecule has 0 aromatic rings. The van der Waals surface area contributed by atoms with E-state index in [1.807, 2.05) is 27.7 Å². The molecule has 1 N–H and O–H groups in total.